The number of nitrogens with zero attached hydrogens (tertiary/aromatic N) is 3. The molecular formula is C26H36N4O3. The molecule has 1 aromatic rings. The van der Waals surface area contributed by atoms with Crippen LogP contribution in [0.25, 0.3) is 5.70 Å². The molecule has 178 valence electrons. The SMILES string of the molecule is COCCN(CCN1CCOCC1)C(=O)CC1=C(c2ccc(C)cc2)NC2C=C(C)C=CN12. The van der Waals surface area contributed by atoms with Crippen molar-refractivity contribution in [2.75, 3.05) is 59.7 Å². The van der Waals surface area contributed by atoms with Gasteiger partial charge in [0.1, 0.15) is 6.17 Å². The predicted octanol–water partition coefficient (Wildman–Crippen LogP) is 2.57. The van der Waals surface area contributed by atoms with Crippen molar-refractivity contribution in [1.82, 2.24) is 20.0 Å². The maximum Gasteiger partial charge on any atom is 0.228 e. The highest BCUT2D eigenvalue weighted by Crippen LogP contribution is 2.33. The minimum atomic E-state index is 0.0369. The molecule has 1 aromatic carbocycles. The summed E-state index contributed by atoms with van der Waals surface area (Å²) in [4.78, 5) is 20.0. The molecule has 1 amide bonds. The smallest absolute Gasteiger partial charge is 0.228 e. The lowest BCUT2D eigenvalue weighted by atomic mass is 10.1. The van der Waals surface area contributed by atoms with Crippen molar-refractivity contribution in [2.45, 2.75) is 26.4 Å². The molecule has 0 saturated carbocycles. The Labute approximate surface area is 197 Å². The molecule has 1 unspecified atom stereocenters. The monoisotopic (exact) mass is 452 g/mol. The zero-order valence-electron chi connectivity index (χ0n) is 20.0. The second-order valence-corrected chi connectivity index (χ2v) is 8.91. The van der Waals surface area contributed by atoms with E-state index in [1.54, 1.807) is 7.11 Å². The first kappa shape index (κ1) is 23.5. The van der Waals surface area contributed by atoms with E-state index in [4.69, 9.17) is 9.47 Å². The van der Waals surface area contributed by atoms with Crippen LogP contribution < -0.4 is 5.32 Å². The van der Waals surface area contributed by atoms with Crippen LogP contribution in [0.1, 0.15) is 24.5 Å². The largest absolute Gasteiger partial charge is 0.383 e. The fraction of sp³-hybridized carbons (Fsp3) is 0.500. The highest BCUT2D eigenvalue weighted by molar-refractivity contribution is 5.83. The van der Waals surface area contributed by atoms with Crippen LogP contribution in [0.15, 0.2) is 53.9 Å². The molecule has 1 atom stereocenters. The van der Waals surface area contributed by atoms with Crippen molar-refractivity contribution in [3.8, 4) is 0 Å². The third kappa shape index (κ3) is 5.85. The number of aryl methyl sites for hydroxylation is 1. The van der Waals surface area contributed by atoms with Crippen LogP contribution in [-0.2, 0) is 14.3 Å². The third-order valence-corrected chi connectivity index (χ3v) is 6.48. The second kappa shape index (κ2) is 11.0. The van der Waals surface area contributed by atoms with Gasteiger partial charge in [0.2, 0.25) is 5.91 Å². The van der Waals surface area contributed by atoms with E-state index < -0.39 is 0 Å². The Morgan fingerprint density at radius 1 is 1.18 bits per heavy atom. The maximum absolute atomic E-state index is 13.5. The molecule has 1 saturated heterocycles. The lowest BCUT2D eigenvalue weighted by Gasteiger charge is -2.31. The van der Waals surface area contributed by atoms with Crippen LogP contribution in [0.3, 0.4) is 0 Å². The Hall–Kier alpha value is -2.61. The Balaban J connectivity index is 1.53. The number of carbonyl (C=O) groups excluding carboxylic acids is 1. The van der Waals surface area contributed by atoms with Gasteiger partial charge in [-0.25, -0.2) is 0 Å². The highest BCUT2D eigenvalue weighted by Gasteiger charge is 2.33. The Morgan fingerprint density at radius 3 is 2.67 bits per heavy atom. The molecule has 7 nitrogen and oxygen atoms in total. The topological polar surface area (TPSA) is 57.3 Å². The van der Waals surface area contributed by atoms with Crippen molar-refractivity contribution in [2.24, 2.45) is 0 Å². The standard InChI is InChI=1S/C26H36N4O3/c1-20-4-6-22(7-5-20)26-23(30-9-8-21(2)18-24(30)27-26)19-25(31)29(14-15-32-3)11-10-28-12-16-33-17-13-28/h4-9,18,24,27H,10-17,19H2,1-3H3. The molecule has 4 rings (SSSR count). The molecule has 0 radical (unpaired) electrons. The average Bonchev–Trinajstić information content (AvgIpc) is 3.17. The van der Waals surface area contributed by atoms with E-state index in [2.05, 4.69) is 71.6 Å². The number of hydrogen-bond donors (Lipinski definition) is 1. The number of carbonyl (C=O) groups is 1. The van der Waals surface area contributed by atoms with Gasteiger partial charge in [-0.15, -0.1) is 0 Å². The summed E-state index contributed by atoms with van der Waals surface area (Å²) in [7, 11) is 1.68. The first-order chi connectivity index (χ1) is 16.0. The quantitative estimate of drug-likeness (QED) is 0.622. The van der Waals surface area contributed by atoms with E-state index in [-0.39, 0.29) is 12.1 Å². The number of morpholine rings is 1. The third-order valence-electron chi connectivity index (χ3n) is 6.48. The minimum Gasteiger partial charge on any atom is -0.383 e. The molecular weight excluding hydrogens is 416 g/mol. The van der Waals surface area contributed by atoms with Gasteiger partial charge in [0.05, 0.1) is 37.6 Å². The lowest BCUT2D eigenvalue weighted by molar-refractivity contribution is -0.131. The fourth-order valence-corrected chi connectivity index (χ4v) is 4.46. The lowest BCUT2D eigenvalue weighted by Crippen LogP contribution is -2.44. The zero-order chi connectivity index (χ0) is 23.2. The maximum atomic E-state index is 13.5. The van der Waals surface area contributed by atoms with E-state index in [1.807, 2.05) is 4.90 Å². The molecule has 0 aromatic heterocycles. The van der Waals surface area contributed by atoms with Crippen LogP contribution in [0.5, 0.6) is 0 Å². The summed E-state index contributed by atoms with van der Waals surface area (Å²) in [5, 5.41) is 3.64. The van der Waals surface area contributed by atoms with Gasteiger partial charge in [0.15, 0.2) is 0 Å². The van der Waals surface area contributed by atoms with E-state index in [1.165, 1.54) is 11.1 Å². The molecule has 0 aliphatic carbocycles. The average molecular weight is 453 g/mol. The van der Waals surface area contributed by atoms with Crippen molar-refractivity contribution < 1.29 is 14.3 Å². The number of methoxy groups -OCH3 is 1. The van der Waals surface area contributed by atoms with E-state index >= 15 is 0 Å². The zero-order valence-corrected chi connectivity index (χ0v) is 20.0. The van der Waals surface area contributed by atoms with E-state index in [0.717, 1.165) is 49.8 Å². The highest BCUT2D eigenvalue weighted by atomic mass is 16.5. The summed E-state index contributed by atoms with van der Waals surface area (Å²) in [6.45, 7) is 10.2. The summed E-state index contributed by atoms with van der Waals surface area (Å²) in [5.74, 6) is 0.127. The molecule has 33 heavy (non-hydrogen) atoms. The Kier molecular flexibility index (Phi) is 7.85. The van der Waals surface area contributed by atoms with Crippen molar-refractivity contribution in [1.29, 1.82) is 0 Å². The number of rotatable bonds is 9. The summed E-state index contributed by atoms with van der Waals surface area (Å²) in [5.41, 5.74) is 5.59. The summed E-state index contributed by atoms with van der Waals surface area (Å²) < 4.78 is 10.8. The molecule has 0 bridgehead atoms. The molecule has 3 aliphatic rings. The molecule has 3 heterocycles. The van der Waals surface area contributed by atoms with Gasteiger partial charge in [0, 0.05) is 46.0 Å². The number of fused-ring (bicyclic) bond motifs is 1. The number of hydrogen-bond acceptors (Lipinski definition) is 6. The van der Waals surface area contributed by atoms with Gasteiger partial charge in [-0.05, 0) is 37.1 Å². The van der Waals surface area contributed by atoms with Gasteiger partial charge in [-0.2, -0.15) is 0 Å². The normalized spacial score (nSPS) is 20.5. The minimum absolute atomic E-state index is 0.0369. The number of benzene rings is 1. The fourth-order valence-electron chi connectivity index (χ4n) is 4.46. The van der Waals surface area contributed by atoms with Gasteiger partial charge >= 0.3 is 0 Å². The van der Waals surface area contributed by atoms with Crippen LogP contribution in [0, 0.1) is 6.92 Å². The number of allylic oxidation sites excluding steroid dienone is 2. The second-order valence-electron chi connectivity index (χ2n) is 8.91. The Bertz CT molecular complexity index is 916. The summed E-state index contributed by atoms with van der Waals surface area (Å²) in [6, 6.07) is 8.49. The van der Waals surface area contributed by atoms with Crippen LogP contribution in [0.4, 0.5) is 0 Å². The van der Waals surface area contributed by atoms with Crippen molar-refractivity contribution in [3.63, 3.8) is 0 Å². The molecule has 0 spiro atoms. The molecule has 1 N–H and O–H groups in total. The molecule has 1 fully saturated rings. The first-order valence-corrected chi connectivity index (χ1v) is 11.8. The van der Waals surface area contributed by atoms with Crippen LogP contribution in [0.2, 0.25) is 0 Å². The number of nitrogens with one attached hydrogen (secondary N) is 1. The summed E-state index contributed by atoms with van der Waals surface area (Å²) in [6.07, 6.45) is 6.77. The number of amides is 1. The molecule has 7 heteroatoms. The number of ether oxygens (including phenoxy) is 2. The van der Waals surface area contributed by atoms with Gasteiger partial charge in [0.25, 0.3) is 0 Å². The Morgan fingerprint density at radius 2 is 1.94 bits per heavy atom. The van der Waals surface area contributed by atoms with Crippen molar-refractivity contribution in [3.05, 3.63) is 65.0 Å². The van der Waals surface area contributed by atoms with E-state index in [0.29, 0.717) is 26.1 Å². The van der Waals surface area contributed by atoms with Gasteiger partial charge in [-0.3, -0.25) is 9.69 Å². The van der Waals surface area contributed by atoms with Gasteiger partial charge < -0.3 is 24.6 Å². The van der Waals surface area contributed by atoms with Crippen molar-refractivity contribution >= 4 is 11.6 Å². The predicted molar refractivity (Wildman–Crippen MR) is 130 cm³/mol. The first-order valence-electron chi connectivity index (χ1n) is 11.8. The molecule has 3 aliphatic heterocycles. The summed E-state index contributed by atoms with van der Waals surface area (Å²) >= 11 is 0. The van der Waals surface area contributed by atoms with Crippen LogP contribution in [-0.4, -0.2) is 86.4 Å². The van der Waals surface area contributed by atoms with Crippen LogP contribution >= 0.6 is 0 Å². The van der Waals surface area contributed by atoms with E-state index in [9.17, 15) is 4.79 Å². The van der Waals surface area contributed by atoms with Gasteiger partial charge in [-0.1, -0.05) is 29.8 Å².